The number of rotatable bonds is 4. The van der Waals surface area contributed by atoms with Crippen LogP contribution in [0.2, 0.25) is 0 Å². The van der Waals surface area contributed by atoms with Gasteiger partial charge in [0.25, 0.3) is 0 Å². The summed E-state index contributed by atoms with van der Waals surface area (Å²) in [6, 6.07) is 9.54. The fourth-order valence-corrected chi connectivity index (χ4v) is 2.63. The Kier molecular flexibility index (Phi) is 4.14. The topological polar surface area (TPSA) is 41.6 Å². The molecule has 0 aliphatic carbocycles. The minimum Gasteiger partial charge on any atom is -0.497 e. The average Bonchev–Trinajstić information content (AvgIpc) is 2.58. The van der Waals surface area contributed by atoms with Crippen LogP contribution in [-0.4, -0.2) is 19.7 Å². The van der Waals surface area contributed by atoms with Crippen LogP contribution >= 0.6 is 0 Å². The molecule has 1 heterocycles. The molecule has 6 heteroatoms. The Morgan fingerprint density at radius 1 is 1.17 bits per heavy atom. The molecule has 0 saturated heterocycles. The number of carbonyl (C=O) groups is 1. The molecule has 0 spiro atoms. The predicted molar refractivity (Wildman–Crippen MR) is 82.6 cm³/mol. The van der Waals surface area contributed by atoms with Crippen LogP contribution in [0.4, 0.5) is 19.3 Å². The Bertz CT molecular complexity index is 732. The molecule has 2 amide bonds. The van der Waals surface area contributed by atoms with Crippen molar-refractivity contribution in [2.75, 3.05) is 18.6 Å². The van der Waals surface area contributed by atoms with E-state index in [1.165, 1.54) is 11.0 Å². The third-order valence-corrected chi connectivity index (χ3v) is 3.88. The highest BCUT2D eigenvalue weighted by Gasteiger charge is 2.28. The number of ether oxygens (including phenoxy) is 1. The molecular weight excluding hydrogens is 302 g/mol. The maximum Gasteiger partial charge on any atom is 0.322 e. The van der Waals surface area contributed by atoms with Crippen LogP contribution < -0.4 is 15.0 Å². The van der Waals surface area contributed by atoms with E-state index >= 15 is 0 Å². The molecule has 0 atom stereocenters. The van der Waals surface area contributed by atoms with Crippen LogP contribution in [0, 0.1) is 11.6 Å². The average molecular weight is 318 g/mol. The lowest BCUT2D eigenvalue weighted by Crippen LogP contribution is -2.45. The minimum absolute atomic E-state index is 0.0299. The van der Waals surface area contributed by atoms with E-state index < -0.39 is 17.7 Å². The van der Waals surface area contributed by atoms with Gasteiger partial charge in [-0.05, 0) is 35.7 Å². The van der Waals surface area contributed by atoms with Gasteiger partial charge in [0.1, 0.15) is 5.75 Å². The zero-order chi connectivity index (χ0) is 16.4. The summed E-state index contributed by atoms with van der Waals surface area (Å²) in [6.45, 7) is 0.454. The van der Waals surface area contributed by atoms with Gasteiger partial charge < -0.3 is 10.1 Å². The van der Waals surface area contributed by atoms with Crippen molar-refractivity contribution in [1.29, 1.82) is 0 Å². The highest BCUT2D eigenvalue weighted by atomic mass is 19.2. The number of hydrogen-bond donors (Lipinski definition) is 1. The van der Waals surface area contributed by atoms with Crippen molar-refractivity contribution in [2.24, 2.45) is 0 Å². The molecule has 23 heavy (non-hydrogen) atoms. The highest BCUT2D eigenvalue weighted by Crippen LogP contribution is 2.29. The number of urea groups is 1. The number of amides is 2. The zero-order valence-corrected chi connectivity index (χ0v) is 12.6. The molecule has 0 bridgehead atoms. The molecule has 1 aliphatic heterocycles. The van der Waals surface area contributed by atoms with Gasteiger partial charge >= 0.3 is 6.03 Å². The third-order valence-electron chi connectivity index (χ3n) is 3.88. The van der Waals surface area contributed by atoms with E-state index in [0.717, 1.165) is 17.4 Å². The van der Waals surface area contributed by atoms with Gasteiger partial charge in [-0.3, -0.25) is 4.90 Å². The molecule has 2 aromatic rings. The molecule has 3 rings (SSSR count). The van der Waals surface area contributed by atoms with Crippen LogP contribution in [0.25, 0.3) is 0 Å². The van der Waals surface area contributed by atoms with Crippen LogP contribution in [0.3, 0.4) is 0 Å². The summed E-state index contributed by atoms with van der Waals surface area (Å²) in [5.74, 6) is -1.19. The first kappa shape index (κ1) is 15.3. The van der Waals surface area contributed by atoms with Gasteiger partial charge in [0.05, 0.1) is 12.8 Å². The van der Waals surface area contributed by atoms with E-state index in [1.807, 2.05) is 24.3 Å². The number of carbonyl (C=O) groups excluding carboxylic acids is 1. The lowest BCUT2D eigenvalue weighted by molar-refractivity contribution is 0.244. The van der Waals surface area contributed by atoms with Gasteiger partial charge in [-0.2, -0.15) is 0 Å². The van der Waals surface area contributed by atoms with Crippen molar-refractivity contribution in [3.8, 4) is 5.75 Å². The molecule has 0 aromatic heterocycles. The normalized spacial score (nSPS) is 13.5. The summed E-state index contributed by atoms with van der Waals surface area (Å²) in [5, 5.41) is 2.67. The minimum atomic E-state index is -0.980. The quantitative estimate of drug-likeness (QED) is 0.940. The second kappa shape index (κ2) is 6.24. The molecule has 1 aliphatic rings. The molecule has 0 fully saturated rings. The summed E-state index contributed by atoms with van der Waals surface area (Å²) in [7, 11) is 1.58. The third kappa shape index (κ3) is 2.97. The molecule has 1 N–H and O–H groups in total. The molecule has 0 saturated carbocycles. The largest absolute Gasteiger partial charge is 0.497 e. The fourth-order valence-electron chi connectivity index (χ4n) is 2.63. The van der Waals surface area contributed by atoms with Crippen molar-refractivity contribution in [3.63, 3.8) is 0 Å². The molecule has 2 aromatic carbocycles. The van der Waals surface area contributed by atoms with Crippen molar-refractivity contribution >= 4 is 11.7 Å². The van der Waals surface area contributed by atoms with Crippen LogP contribution in [0.1, 0.15) is 11.1 Å². The Hall–Kier alpha value is -2.63. The number of halogens is 2. The SMILES string of the molecule is COc1ccc(CCN2C(=O)NCc3ccc(F)c(F)c32)cc1. The maximum atomic E-state index is 14.1. The standard InChI is InChI=1S/C17H16F2N2O2/c1-23-13-5-2-11(3-6-13)8-9-21-16-12(10-20-17(21)22)4-7-14(18)15(16)19/h2-7H,8-10H2,1H3,(H,20,22). The van der Waals surface area contributed by atoms with Gasteiger partial charge in [-0.15, -0.1) is 0 Å². The number of nitrogens with zero attached hydrogens (tertiary/aromatic N) is 1. The molecule has 0 unspecified atom stereocenters. The Labute approximate surface area is 132 Å². The Morgan fingerprint density at radius 3 is 2.61 bits per heavy atom. The van der Waals surface area contributed by atoms with Gasteiger partial charge in [0.2, 0.25) is 0 Å². The monoisotopic (exact) mass is 318 g/mol. The zero-order valence-electron chi connectivity index (χ0n) is 12.6. The number of benzene rings is 2. The van der Waals surface area contributed by atoms with Gasteiger partial charge in [0.15, 0.2) is 11.6 Å². The predicted octanol–water partition coefficient (Wildman–Crippen LogP) is 3.25. The van der Waals surface area contributed by atoms with Crippen molar-refractivity contribution in [1.82, 2.24) is 5.32 Å². The van der Waals surface area contributed by atoms with E-state index in [-0.39, 0.29) is 18.8 Å². The van der Waals surface area contributed by atoms with E-state index in [4.69, 9.17) is 4.74 Å². The first-order valence-electron chi connectivity index (χ1n) is 7.25. The van der Waals surface area contributed by atoms with Gasteiger partial charge in [-0.25, -0.2) is 13.6 Å². The maximum absolute atomic E-state index is 14.1. The van der Waals surface area contributed by atoms with Gasteiger partial charge in [-0.1, -0.05) is 18.2 Å². The number of methoxy groups -OCH3 is 1. The Balaban J connectivity index is 1.82. The van der Waals surface area contributed by atoms with E-state index in [9.17, 15) is 13.6 Å². The number of nitrogens with one attached hydrogen (secondary N) is 1. The van der Waals surface area contributed by atoms with Crippen LogP contribution in [0.15, 0.2) is 36.4 Å². The first-order chi connectivity index (χ1) is 11.1. The summed E-state index contributed by atoms with van der Waals surface area (Å²) in [5.41, 5.74) is 1.57. The number of fused-ring (bicyclic) bond motifs is 1. The van der Waals surface area contributed by atoms with E-state index in [0.29, 0.717) is 12.0 Å². The fraction of sp³-hybridized carbons (Fsp3) is 0.235. The smallest absolute Gasteiger partial charge is 0.322 e. The number of hydrogen-bond acceptors (Lipinski definition) is 2. The van der Waals surface area contributed by atoms with Crippen LogP contribution in [0.5, 0.6) is 5.75 Å². The van der Waals surface area contributed by atoms with Crippen molar-refractivity contribution < 1.29 is 18.3 Å². The molecular formula is C17H16F2N2O2. The first-order valence-corrected chi connectivity index (χ1v) is 7.25. The lowest BCUT2D eigenvalue weighted by Gasteiger charge is -2.30. The van der Waals surface area contributed by atoms with Crippen LogP contribution in [-0.2, 0) is 13.0 Å². The summed E-state index contributed by atoms with van der Waals surface area (Å²) >= 11 is 0. The highest BCUT2D eigenvalue weighted by molar-refractivity contribution is 5.95. The molecule has 120 valence electrons. The summed E-state index contributed by atoms with van der Waals surface area (Å²) < 4.78 is 32.7. The van der Waals surface area contributed by atoms with Crippen molar-refractivity contribution in [2.45, 2.75) is 13.0 Å². The second-order valence-corrected chi connectivity index (χ2v) is 5.28. The number of anilines is 1. The summed E-state index contributed by atoms with van der Waals surface area (Å²) in [4.78, 5) is 13.3. The van der Waals surface area contributed by atoms with E-state index in [1.54, 1.807) is 7.11 Å². The Morgan fingerprint density at radius 2 is 1.91 bits per heavy atom. The summed E-state index contributed by atoms with van der Waals surface area (Å²) in [6.07, 6.45) is 0.521. The lowest BCUT2D eigenvalue weighted by atomic mass is 10.1. The van der Waals surface area contributed by atoms with Gasteiger partial charge in [0, 0.05) is 13.1 Å². The second-order valence-electron chi connectivity index (χ2n) is 5.28. The molecule has 4 nitrogen and oxygen atoms in total. The van der Waals surface area contributed by atoms with E-state index in [2.05, 4.69) is 5.32 Å². The molecule has 0 radical (unpaired) electrons. The van der Waals surface area contributed by atoms with Crippen molar-refractivity contribution in [3.05, 3.63) is 59.2 Å².